The Balaban J connectivity index is 2.09. The van der Waals surface area contributed by atoms with Crippen LogP contribution in [0.5, 0.6) is 5.75 Å². The number of hydrogen-bond acceptors (Lipinski definition) is 5. The molecule has 0 atom stereocenters. The summed E-state index contributed by atoms with van der Waals surface area (Å²) in [4.78, 5) is 5.50. The predicted octanol–water partition coefficient (Wildman–Crippen LogP) is 2.65. The second-order valence-electron chi connectivity index (χ2n) is 3.64. The van der Waals surface area contributed by atoms with Crippen molar-refractivity contribution in [1.29, 1.82) is 0 Å². The number of nitrogens with one attached hydrogen (secondary N) is 1. The quantitative estimate of drug-likeness (QED) is 0.818. The number of hydrogen-bond donors (Lipinski definition) is 2. The highest BCUT2D eigenvalue weighted by molar-refractivity contribution is 7.11. The highest BCUT2D eigenvalue weighted by atomic mass is 32.1. The number of para-hydroxylation sites is 1. The van der Waals surface area contributed by atoms with Crippen LogP contribution in [0.3, 0.4) is 0 Å². The van der Waals surface area contributed by atoms with Gasteiger partial charge in [0.2, 0.25) is 0 Å². The molecule has 0 radical (unpaired) electrons. The summed E-state index contributed by atoms with van der Waals surface area (Å²) < 4.78 is 5.16. The van der Waals surface area contributed by atoms with E-state index in [1.54, 1.807) is 18.4 Å². The second-order valence-corrected chi connectivity index (χ2v) is 4.96. The first-order valence-electron chi connectivity index (χ1n) is 5.28. The van der Waals surface area contributed by atoms with Crippen molar-refractivity contribution in [3.63, 3.8) is 0 Å². The monoisotopic (exact) mass is 249 g/mol. The largest absolute Gasteiger partial charge is 0.495 e. The fourth-order valence-electron chi connectivity index (χ4n) is 1.53. The van der Waals surface area contributed by atoms with Gasteiger partial charge in [0.25, 0.3) is 0 Å². The lowest BCUT2D eigenvalue weighted by Crippen LogP contribution is -2.03. The van der Waals surface area contributed by atoms with E-state index >= 15 is 0 Å². The third kappa shape index (κ3) is 2.68. The summed E-state index contributed by atoms with van der Waals surface area (Å²) in [7, 11) is 1.61. The standard InChI is InChI=1S/C12H15N3OS/c1-8-6-15-11(17-8)7-14-9-4-3-5-10(16-2)12(9)13/h3-6,14H,7,13H2,1-2H3. The van der Waals surface area contributed by atoms with Crippen molar-refractivity contribution in [3.8, 4) is 5.75 Å². The number of aryl methyl sites for hydroxylation is 1. The SMILES string of the molecule is COc1cccc(NCc2ncc(C)s2)c1N. The molecule has 0 amide bonds. The molecular weight excluding hydrogens is 234 g/mol. The number of methoxy groups -OCH3 is 1. The van der Waals surface area contributed by atoms with Crippen LogP contribution < -0.4 is 15.8 Å². The number of nitrogen functional groups attached to an aromatic ring is 1. The van der Waals surface area contributed by atoms with Crippen molar-refractivity contribution in [2.24, 2.45) is 0 Å². The molecule has 0 aliphatic heterocycles. The fourth-order valence-corrected chi connectivity index (χ4v) is 2.26. The first-order chi connectivity index (χ1) is 8.20. The molecule has 4 nitrogen and oxygen atoms in total. The van der Waals surface area contributed by atoms with Gasteiger partial charge in [-0.3, -0.25) is 0 Å². The van der Waals surface area contributed by atoms with Crippen LogP contribution in [0.2, 0.25) is 0 Å². The lowest BCUT2D eigenvalue weighted by Gasteiger charge is -2.10. The van der Waals surface area contributed by atoms with E-state index in [1.807, 2.05) is 31.3 Å². The lowest BCUT2D eigenvalue weighted by atomic mass is 10.2. The Labute approximate surface area is 104 Å². The van der Waals surface area contributed by atoms with Crippen LogP contribution in [-0.4, -0.2) is 12.1 Å². The number of nitrogens with zero attached hydrogens (tertiary/aromatic N) is 1. The van der Waals surface area contributed by atoms with Gasteiger partial charge < -0.3 is 15.8 Å². The van der Waals surface area contributed by atoms with E-state index in [2.05, 4.69) is 10.3 Å². The van der Waals surface area contributed by atoms with Crippen molar-refractivity contribution in [2.45, 2.75) is 13.5 Å². The Morgan fingerprint density at radius 3 is 2.94 bits per heavy atom. The van der Waals surface area contributed by atoms with Gasteiger partial charge in [-0.05, 0) is 19.1 Å². The average molecular weight is 249 g/mol. The molecule has 1 heterocycles. The van der Waals surface area contributed by atoms with Crippen LogP contribution >= 0.6 is 11.3 Å². The van der Waals surface area contributed by atoms with Crippen molar-refractivity contribution >= 4 is 22.7 Å². The molecule has 5 heteroatoms. The van der Waals surface area contributed by atoms with Crippen LogP contribution in [0.1, 0.15) is 9.88 Å². The smallest absolute Gasteiger partial charge is 0.143 e. The summed E-state index contributed by atoms with van der Waals surface area (Å²) >= 11 is 1.68. The third-order valence-electron chi connectivity index (χ3n) is 2.39. The predicted molar refractivity (Wildman–Crippen MR) is 71.6 cm³/mol. The molecule has 1 aromatic heterocycles. The Morgan fingerprint density at radius 2 is 2.29 bits per heavy atom. The summed E-state index contributed by atoms with van der Waals surface area (Å²) in [6.45, 7) is 2.72. The van der Waals surface area contributed by atoms with Crippen molar-refractivity contribution in [2.75, 3.05) is 18.2 Å². The van der Waals surface area contributed by atoms with Crippen molar-refractivity contribution < 1.29 is 4.74 Å². The van der Waals surface area contributed by atoms with Crippen molar-refractivity contribution in [3.05, 3.63) is 34.3 Å². The maximum absolute atomic E-state index is 5.96. The van der Waals surface area contributed by atoms with E-state index < -0.39 is 0 Å². The molecule has 0 aliphatic carbocycles. The van der Waals surface area contributed by atoms with Crippen molar-refractivity contribution in [1.82, 2.24) is 4.98 Å². The maximum atomic E-state index is 5.96. The number of anilines is 2. The van der Waals surface area contributed by atoms with Gasteiger partial charge in [-0.2, -0.15) is 0 Å². The van der Waals surface area contributed by atoms with Crippen LogP contribution in [0.25, 0.3) is 0 Å². The van der Waals surface area contributed by atoms with E-state index in [9.17, 15) is 0 Å². The van der Waals surface area contributed by atoms with Gasteiger partial charge >= 0.3 is 0 Å². The molecule has 0 aliphatic rings. The molecule has 2 aromatic rings. The minimum atomic E-state index is 0.628. The van der Waals surface area contributed by atoms with Gasteiger partial charge in [-0.25, -0.2) is 4.98 Å². The summed E-state index contributed by atoms with van der Waals surface area (Å²) in [6.07, 6.45) is 1.87. The van der Waals surface area contributed by atoms with Gasteiger partial charge in [-0.15, -0.1) is 11.3 Å². The normalized spacial score (nSPS) is 10.2. The molecule has 0 fully saturated rings. The zero-order valence-electron chi connectivity index (χ0n) is 9.86. The Kier molecular flexibility index (Phi) is 3.49. The summed E-state index contributed by atoms with van der Waals surface area (Å²) in [5.41, 5.74) is 7.46. The summed E-state index contributed by atoms with van der Waals surface area (Å²) in [5.74, 6) is 0.685. The van der Waals surface area contributed by atoms with Gasteiger partial charge in [-0.1, -0.05) is 6.07 Å². The number of aromatic nitrogens is 1. The first-order valence-corrected chi connectivity index (χ1v) is 6.10. The van der Waals surface area contributed by atoms with E-state index in [4.69, 9.17) is 10.5 Å². The minimum absolute atomic E-state index is 0.628. The number of ether oxygens (including phenoxy) is 1. The molecule has 3 N–H and O–H groups in total. The number of benzene rings is 1. The third-order valence-corrected chi connectivity index (χ3v) is 3.30. The molecule has 90 valence electrons. The maximum Gasteiger partial charge on any atom is 0.143 e. The molecule has 0 spiro atoms. The highest BCUT2D eigenvalue weighted by Gasteiger charge is 2.05. The Bertz CT molecular complexity index is 510. The van der Waals surface area contributed by atoms with Gasteiger partial charge in [0.05, 0.1) is 25.0 Å². The van der Waals surface area contributed by atoms with Crippen LogP contribution in [0.4, 0.5) is 11.4 Å². The van der Waals surface area contributed by atoms with Crippen LogP contribution in [0, 0.1) is 6.92 Å². The highest BCUT2D eigenvalue weighted by Crippen LogP contribution is 2.29. The summed E-state index contributed by atoms with van der Waals surface area (Å²) in [5, 5.41) is 4.31. The number of rotatable bonds is 4. The van der Waals surface area contributed by atoms with Gasteiger partial charge in [0, 0.05) is 11.1 Å². The Morgan fingerprint density at radius 1 is 1.47 bits per heavy atom. The average Bonchev–Trinajstić information content (AvgIpc) is 2.74. The molecule has 0 bridgehead atoms. The van der Waals surface area contributed by atoms with E-state index in [-0.39, 0.29) is 0 Å². The van der Waals surface area contributed by atoms with Gasteiger partial charge in [0.1, 0.15) is 10.8 Å². The van der Waals surface area contributed by atoms with Gasteiger partial charge in [0.15, 0.2) is 0 Å². The lowest BCUT2D eigenvalue weighted by molar-refractivity contribution is 0.417. The van der Waals surface area contributed by atoms with E-state index in [0.717, 1.165) is 10.7 Å². The molecule has 0 unspecified atom stereocenters. The first kappa shape index (κ1) is 11.7. The molecular formula is C12H15N3OS. The topological polar surface area (TPSA) is 60.2 Å². The molecule has 0 saturated carbocycles. The number of nitrogens with two attached hydrogens (primary N) is 1. The van der Waals surface area contributed by atoms with Crippen LogP contribution in [-0.2, 0) is 6.54 Å². The van der Waals surface area contributed by atoms with Crippen LogP contribution in [0.15, 0.2) is 24.4 Å². The zero-order valence-corrected chi connectivity index (χ0v) is 10.7. The fraction of sp³-hybridized carbons (Fsp3) is 0.250. The Hall–Kier alpha value is -1.75. The minimum Gasteiger partial charge on any atom is -0.495 e. The second kappa shape index (κ2) is 5.05. The number of thiazole rings is 1. The molecule has 2 rings (SSSR count). The van der Waals surface area contributed by atoms with E-state index in [1.165, 1.54) is 4.88 Å². The van der Waals surface area contributed by atoms with E-state index in [0.29, 0.717) is 18.0 Å². The zero-order chi connectivity index (χ0) is 12.3. The molecule has 0 saturated heterocycles. The molecule has 17 heavy (non-hydrogen) atoms. The molecule has 1 aromatic carbocycles. The summed E-state index contributed by atoms with van der Waals surface area (Å²) in [6, 6.07) is 5.68.